The maximum Gasteiger partial charge on any atom is 0.127 e. The minimum Gasteiger partial charge on any atom is -0.494 e. The van der Waals surface area contributed by atoms with Gasteiger partial charge in [0.1, 0.15) is 38.5 Å². The number of quaternary nitrogens is 2. The first kappa shape index (κ1) is 14.9. The summed E-state index contributed by atoms with van der Waals surface area (Å²) in [6.07, 6.45) is 5.89. The quantitative estimate of drug-likeness (QED) is 0.799. The monoisotopic (exact) mass is 290 g/mol. The van der Waals surface area contributed by atoms with Gasteiger partial charge in [0.05, 0.1) is 12.6 Å². The van der Waals surface area contributed by atoms with Crippen LogP contribution in [0, 0.1) is 0 Å². The number of nitrogens with one attached hydrogen (secondary N) is 2. The van der Waals surface area contributed by atoms with Crippen molar-refractivity contribution in [2.24, 2.45) is 0 Å². The molecule has 2 fully saturated rings. The Morgan fingerprint density at radius 1 is 1.00 bits per heavy atom. The van der Waals surface area contributed by atoms with Crippen LogP contribution in [0.15, 0.2) is 24.3 Å². The smallest absolute Gasteiger partial charge is 0.127 e. The van der Waals surface area contributed by atoms with Crippen molar-refractivity contribution < 1.29 is 14.5 Å². The van der Waals surface area contributed by atoms with Gasteiger partial charge >= 0.3 is 0 Å². The molecule has 3 nitrogen and oxygen atoms in total. The maximum atomic E-state index is 5.51. The minimum absolute atomic E-state index is 0.747. The van der Waals surface area contributed by atoms with Gasteiger partial charge in [-0.2, -0.15) is 0 Å². The normalized spacial score (nSPS) is 26.9. The maximum absolute atomic E-state index is 5.51. The first-order valence-electron chi connectivity index (χ1n) is 8.75. The Kier molecular flexibility index (Phi) is 5.15. The summed E-state index contributed by atoms with van der Waals surface area (Å²) in [4.78, 5) is 3.64. The van der Waals surface area contributed by atoms with Crippen LogP contribution in [0.1, 0.15) is 38.2 Å². The molecule has 3 heteroatoms. The van der Waals surface area contributed by atoms with Gasteiger partial charge in [-0.3, -0.25) is 0 Å². The lowest BCUT2D eigenvalue weighted by atomic mass is 10.1. The summed E-state index contributed by atoms with van der Waals surface area (Å²) >= 11 is 0. The van der Waals surface area contributed by atoms with E-state index in [0.29, 0.717) is 0 Å². The molecule has 1 aromatic carbocycles. The largest absolute Gasteiger partial charge is 0.494 e. The standard InChI is InChI=1S/C18H28N2O/c1-2-21-18-9-7-16(8-10-18)15-19-11-13-20(14-12-19)17-5-3-4-6-17/h7-10,17H,2-6,11-15H2,1H3/p+2. The van der Waals surface area contributed by atoms with Crippen LogP contribution in [0.2, 0.25) is 0 Å². The topological polar surface area (TPSA) is 18.1 Å². The van der Waals surface area contributed by atoms with Crippen molar-refractivity contribution in [2.75, 3.05) is 32.8 Å². The highest BCUT2D eigenvalue weighted by atomic mass is 16.5. The first-order chi connectivity index (χ1) is 10.3. The molecule has 1 aliphatic heterocycles. The lowest BCUT2D eigenvalue weighted by Gasteiger charge is -2.33. The van der Waals surface area contributed by atoms with Crippen molar-refractivity contribution in [3.05, 3.63) is 29.8 Å². The summed E-state index contributed by atoms with van der Waals surface area (Å²) in [6.45, 7) is 9.36. The summed E-state index contributed by atoms with van der Waals surface area (Å²) in [5, 5.41) is 0. The third kappa shape index (κ3) is 3.98. The molecule has 0 spiro atoms. The van der Waals surface area contributed by atoms with E-state index in [1.165, 1.54) is 64.0 Å². The van der Waals surface area contributed by atoms with Crippen LogP contribution in [-0.4, -0.2) is 38.8 Å². The molecule has 1 heterocycles. The summed E-state index contributed by atoms with van der Waals surface area (Å²) in [7, 11) is 0. The zero-order chi connectivity index (χ0) is 14.5. The van der Waals surface area contributed by atoms with Crippen LogP contribution < -0.4 is 14.5 Å². The zero-order valence-corrected chi connectivity index (χ0v) is 13.4. The molecular formula is C18H30N2O+2. The second-order valence-corrected chi connectivity index (χ2v) is 6.64. The average Bonchev–Trinajstić information content (AvgIpc) is 3.05. The first-order valence-corrected chi connectivity index (χ1v) is 8.75. The lowest BCUT2D eigenvalue weighted by molar-refractivity contribution is -1.03. The van der Waals surface area contributed by atoms with Crippen LogP contribution in [0.3, 0.4) is 0 Å². The van der Waals surface area contributed by atoms with E-state index < -0.39 is 0 Å². The molecule has 1 aromatic rings. The SMILES string of the molecule is CCOc1ccc(C[NH+]2CC[NH+](C3CCCC3)CC2)cc1. The van der Waals surface area contributed by atoms with Gasteiger partial charge in [0, 0.05) is 5.56 Å². The number of ether oxygens (including phenoxy) is 1. The van der Waals surface area contributed by atoms with Crippen molar-refractivity contribution in [3.8, 4) is 5.75 Å². The van der Waals surface area contributed by atoms with Crippen molar-refractivity contribution >= 4 is 0 Å². The molecule has 0 unspecified atom stereocenters. The van der Waals surface area contributed by atoms with Gasteiger partial charge in [0.25, 0.3) is 0 Å². The molecule has 116 valence electrons. The molecule has 0 radical (unpaired) electrons. The molecule has 3 rings (SSSR count). The Morgan fingerprint density at radius 2 is 1.67 bits per heavy atom. The minimum atomic E-state index is 0.747. The van der Waals surface area contributed by atoms with Gasteiger partial charge in [-0.15, -0.1) is 0 Å². The Balaban J connectivity index is 1.46. The van der Waals surface area contributed by atoms with Crippen LogP contribution in [0.4, 0.5) is 0 Å². The van der Waals surface area contributed by atoms with E-state index in [9.17, 15) is 0 Å². The Labute approximate surface area is 128 Å². The summed E-state index contributed by atoms with van der Waals surface area (Å²) < 4.78 is 5.51. The Bertz CT molecular complexity index is 417. The molecule has 2 aliphatic rings. The van der Waals surface area contributed by atoms with E-state index in [2.05, 4.69) is 24.3 Å². The molecule has 0 amide bonds. The van der Waals surface area contributed by atoms with Gasteiger partial charge in [-0.1, -0.05) is 0 Å². The van der Waals surface area contributed by atoms with Crippen LogP contribution in [-0.2, 0) is 6.54 Å². The summed E-state index contributed by atoms with van der Waals surface area (Å²) in [6, 6.07) is 9.66. The molecule has 1 saturated carbocycles. The number of rotatable bonds is 5. The second-order valence-electron chi connectivity index (χ2n) is 6.64. The number of piperazine rings is 1. The fraction of sp³-hybridized carbons (Fsp3) is 0.667. The van der Waals surface area contributed by atoms with E-state index in [1.807, 2.05) is 11.8 Å². The van der Waals surface area contributed by atoms with E-state index in [0.717, 1.165) is 18.4 Å². The molecule has 0 atom stereocenters. The fourth-order valence-corrected chi connectivity index (χ4v) is 4.00. The number of hydrogen-bond donors (Lipinski definition) is 2. The second kappa shape index (κ2) is 7.28. The van der Waals surface area contributed by atoms with Crippen molar-refractivity contribution in [1.29, 1.82) is 0 Å². The summed E-state index contributed by atoms with van der Waals surface area (Å²) in [5.41, 5.74) is 1.44. The molecule has 21 heavy (non-hydrogen) atoms. The van der Waals surface area contributed by atoms with E-state index in [1.54, 1.807) is 4.90 Å². The highest BCUT2D eigenvalue weighted by Crippen LogP contribution is 2.15. The van der Waals surface area contributed by atoms with Gasteiger partial charge in [-0.25, -0.2) is 0 Å². The van der Waals surface area contributed by atoms with Gasteiger partial charge < -0.3 is 14.5 Å². The van der Waals surface area contributed by atoms with Crippen molar-refractivity contribution in [2.45, 2.75) is 45.2 Å². The van der Waals surface area contributed by atoms with Gasteiger partial charge in [-0.05, 0) is 56.9 Å². The summed E-state index contributed by atoms with van der Waals surface area (Å²) in [5.74, 6) is 0.992. The zero-order valence-electron chi connectivity index (χ0n) is 13.4. The van der Waals surface area contributed by atoms with Crippen LogP contribution >= 0.6 is 0 Å². The Morgan fingerprint density at radius 3 is 2.29 bits per heavy atom. The molecule has 0 bridgehead atoms. The average molecular weight is 290 g/mol. The van der Waals surface area contributed by atoms with E-state index >= 15 is 0 Å². The molecule has 1 aliphatic carbocycles. The van der Waals surface area contributed by atoms with Gasteiger partial charge in [0.2, 0.25) is 0 Å². The van der Waals surface area contributed by atoms with Crippen molar-refractivity contribution in [3.63, 3.8) is 0 Å². The third-order valence-corrected chi connectivity index (χ3v) is 5.22. The van der Waals surface area contributed by atoms with Crippen molar-refractivity contribution in [1.82, 2.24) is 0 Å². The predicted octanol–water partition coefficient (Wildman–Crippen LogP) is 0.311. The lowest BCUT2D eigenvalue weighted by Crippen LogP contribution is -3.29. The molecular weight excluding hydrogens is 260 g/mol. The molecule has 2 N–H and O–H groups in total. The predicted molar refractivity (Wildman–Crippen MR) is 85.0 cm³/mol. The van der Waals surface area contributed by atoms with Crippen LogP contribution in [0.25, 0.3) is 0 Å². The highest BCUT2D eigenvalue weighted by molar-refractivity contribution is 5.26. The molecule has 1 saturated heterocycles. The van der Waals surface area contributed by atoms with E-state index in [-0.39, 0.29) is 0 Å². The van der Waals surface area contributed by atoms with Gasteiger partial charge in [0.15, 0.2) is 0 Å². The Hall–Kier alpha value is -1.06. The fourth-order valence-electron chi connectivity index (χ4n) is 4.00. The number of hydrogen-bond acceptors (Lipinski definition) is 1. The van der Waals surface area contributed by atoms with E-state index in [4.69, 9.17) is 4.74 Å². The number of benzene rings is 1. The van der Waals surface area contributed by atoms with Crippen LogP contribution in [0.5, 0.6) is 5.75 Å². The molecule has 0 aromatic heterocycles. The third-order valence-electron chi connectivity index (χ3n) is 5.22. The highest BCUT2D eigenvalue weighted by Gasteiger charge is 2.31.